The molecule has 0 aliphatic heterocycles. The van der Waals surface area contributed by atoms with Crippen LogP contribution in [0.3, 0.4) is 0 Å². The lowest BCUT2D eigenvalue weighted by Gasteiger charge is -2.15. The van der Waals surface area contributed by atoms with Crippen molar-refractivity contribution in [3.8, 4) is 5.75 Å². The largest absolute Gasteiger partial charge is 0.491 e. The summed E-state index contributed by atoms with van der Waals surface area (Å²) < 4.78 is 16.1. The first-order chi connectivity index (χ1) is 9.29. The number of methoxy groups -OCH3 is 1. The summed E-state index contributed by atoms with van der Waals surface area (Å²) in [7, 11) is 1.69. The molecule has 1 atom stereocenters. The predicted molar refractivity (Wildman–Crippen MR) is 76.5 cm³/mol. The van der Waals surface area contributed by atoms with Gasteiger partial charge in [0.1, 0.15) is 12.4 Å². The molecule has 0 saturated carbocycles. The summed E-state index contributed by atoms with van der Waals surface area (Å²) in [5.41, 5.74) is 7.11. The van der Waals surface area contributed by atoms with Gasteiger partial charge in [0, 0.05) is 31.9 Å². The molecule has 0 bridgehead atoms. The SMILES string of the molecule is CC[C@H](N)c1ccccc1OCCOCCCOC. The Bertz CT molecular complexity index is 344. The molecule has 1 rings (SSSR count). The molecule has 0 saturated heterocycles. The Morgan fingerprint density at radius 2 is 1.89 bits per heavy atom. The summed E-state index contributed by atoms with van der Waals surface area (Å²) in [6, 6.07) is 7.94. The Morgan fingerprint density at radius 1 is 1.11 bits per heavy atom. The van der Waals surface area contributed by atoms with Gasteiger partial charge in [-0.2, -0.15) is 0 Å². The number of benzene rings is 1. The second kappa shape index (κ2) is 9.78. The Labute approximate surface area is 115 Å². The number of hydrogen-bond acceptors (Lipinski definition) is 4. The van der Waals surface area contributed by atoms with E-state index >= 15 is 0 Å². The van der Waals surface area contributed by atoms with Crippen LogP contribution in [0.4, 0.5) is 0 Å². The average Bonchev–Trinajstić information content (AvgIpc) is 2.46. The first-order valence-electron chi connectivity index (χ1n) is 6.83. The average molecular weight is 267 g/mol. The maximum Gasteiger partial charge on any atom is 0.124 e. The number of rotatable bonds is 10. The van der Waals surface area contributed by atoms with Gasteiger partial charge >= 0.3 is 0 Å². The van der Waals surface area contributed by atoms with Crippen molar-refractivity contribution in [2.75, 3.05) is 33.5 Å². The van der Waals surface area contributed by atoms with Gasteiger partial charge in [-0.1, -0.05) is 25.1 Å². The molecule has 0 aliphatic carbocycles. The van der Waals surface area contributed by atoms with Crippen LogP contribution >= 0.6 is 0 Å². The lowest BCUT2D eigenvalue weighted by Crippen LogP contribution is -2.13. The second-order valence-electron chi connectivity index (χ2n) is 4.36. The lowest BCUT2D eigenvalue weighted by atomic mass is 10.0. The molecule has 0 heterocycles. The highest BCUT2D eigenvalue weighted by Crippen LogP contribution is 2.25. The fourth-order valence-corrected chi connectivity index (χ4v) is 1.76. The number of nitrogens with two attached hydrogens (primary N) is 1. The molecule has 1 aromatic rings. The highest BCUT2D eigenvalue weighted by atomic mass is 16.5. The van der Waals surface area contributed by atoms with Crippen LogP contribution in [0.25, 0.3) is 0 Å². The summed E-state index contributed by atoms with van der Waals surface area (Å²) in [5.74, 6) is 0.859. The van der Waals surface area contributed by atoms with Crippen molar-refractivity contribution in [2.24, 2.45) is 5.73 Å². The second-order valence-corrected chi connectivity index (χ2v) is 4.36. The van der Waals surface area contributed by atoms with Gasteiger partial charge in [-0.25, -0.2) is 0 Å². The van der Waals surface area contributed by atoms with Crippen molar-refractivity contribution < 1.29 is 14.2 Å². The van der Waals surface area contributed by atoms with Gasteiger partial charge in [0.25, 0.3) is 0 Å². The Kier molecular flexibility index (Phi) is 8.21. The van der Waals surface area contributed by atoms with E-state index in [1.54, 1.807) is 7.11 Å². The third kappa shape index (κ3) is 6.05. The van der Waals surface area contributed by atoms with E-state index in [2.05, 4.69) is 6.92 Å². The maximum atomic E-state index is 6.06. The van der Waals surface area contributed by atoms with Crippen molar-refractivity contribution in [2.45, 2.75) is 25.8 Å². The fraction of sp³-hybridized carbons (Fsp3) is 0.600. The van der Waals surface area contributed by atoms with Gasteiger partial charge in [0.15, 0.2) is 0 Å². The van der Waals surface area contributed by atoms with Crippen LogP contribution in [-0.2, 0) is 9.47 Å². The molecule has 0 spiro atoms. The Balaban J connectivity index is 2.29. The zero-order chi connectivity index (χ0) is 13.9. The van der Waals surface area contributed by atoms with E-state index < -0.39 is 0 Å². The molecule has 4 heteroatoms. The van der Waals surface area contributed by atoms with Gasteiger partial charge < -0.3 is 19.9 Å². The zero-order valence-corrected chi connectivity index (χ0v) is 11.9. The minimum atomic E-state index is 0.0267. The van der Waals surface area contributed by atoms with Gasteiger partial charge in [0.2, 0.25) is 0 Å². The van der Waals surface area contributed by atoms with Crippen molar-refractivity contribution in [3.05, 3.63) is 29.8 Å². The standard InChI is InChI=1S/C15H25NO3/c1-3-14(16)13-7-4-5-8-15(13)19-12-11-18-10-6-9-17-2/h4-5,7-8,14H,3,6,9-12,16H2,1-2H3/t14-/m0/s1. The molecular formula is C15H25NO3. The topological polar surface area (TPSA) is 53.7 Å². The smallest absolute Gasteiger partial charge is 0.124 e. The molecule has 0 amide bonds. The van der Waals surface area contributed by atoms with Crippen LogP contribution in [-0.4, -0.2) is 33.5 Å². The first kappa shape index (κ1) is 16.0. The summed E-state index contributed by atoms with van der Waals surface area (Å²) in [5, 5.41) is 0. The fourth-order valence-electron chi connectivity index (χ4n) is 1.76. The van der Waals surface area contributed by atoms with Gasteiger partial charge in [0.05, 0.1) is 6.61 Å². The number of ether oxygens (including phenoxy) is 3. The highest BCUT2D eigenvalue weighted by Gasteiger charge is 2.09. The van der Waals surface area contributed by atoms with Gasteiger partial charge in [-0.05, 0) is 18.9 Å². The summed E-state index contributed by atoms with van der Waals surface area (Å²) >= 11 is 0. The van der Waals surface area contributed by atoms with Crippen molar-refractivity contribution in [1.29, 1.82) is 0 Å². The summed E-state index contributed by atoms with van der Waals surface area (Å²) in [6.07, 6.45) is 1.81. The third-order valence-corrected chi connectivity index (χ3v) is 2.88. The van der Waals surface area contributed by atoms with E-state index in [4.69, 9.17) is 19.9 Å². The first-order valence-corrected chi connectivity index (χ1v) is 6.83. The van der Waals surface area contributed by atoms with Crippen LogP contribution in [0.15, 0.2) is 24.3 Å². The van der Waals surface area contributed by atoms with E-state index in [1.165, 1.54) is 0 Å². The van der Waals surface area contributed by atoms with Crippen LogP contribution in [0.2, 0.25) is 0 Å². The van der Waals surface area contributed by atoms with Crippen LogP contribution in [0.5, 0.6) is 5.75 Å². The Hall–Kier alpha value is -1.10. The normalized spacial score (nSPS) is 12.4. The van der Waals surface area contributed by atoms with Crippen LogP contribution in [0, 0.1) is 0 Å². The highest BCUT2D eigenvalue weighted by molar-refractivity contribution is 5.35. The molecule has 1 aromatic carbocycles. The van der Waals surface area contributed by atoms with Crippen LogP contribution < -0.4 is 10.5 Å². The van der Waals surface area contributed by atoms with Crippen molar-refractivity contribution in [3.63, 3.8) is 0 Å². The van der Waals surface area contributed by atoms with E-state index in [1.807, 2.05) is 24.3 Å². The van der Waals surface area contributed by atoms with Crippen LogP contribution in [0.1, 0.15) is 31.4 Å². The van der Waals surface area contributed by atoms with E-state index in [0.717, 1.165) is 30.8 Å². The molecule has 19 heavy (non-hydrogen) atoms. The number of para-hydroxylation sites is 1. The third-order valence-electron chi connectivity index (χ3n) is 2.88. The molecule has 0 radical (unpaired) electrons. The maximum absolute atomic E-state index is 6.06. The molecule has 0 aliphatic rings. The Morgan fingerprint density at radius 3 is 2.63 bits per heavy atom. The lowest BCUT2D eigenvalue weighted by molar-refractivity contribution is 0.0803. The minimum absolute atomic E-state index is 0.0267. The molecule has 0 unspecified atom stereocenters. The van der Waals surface area contributed by atoms with E-state index in [0.29, 0.717) is 19.8 Å². The minimum Gasteiger partial charge on any atom is -0.491 e. The number of hydrogen-bond donors (Lipinski definition) is 1. The summed E-state index contributed by atoms with van der Waals surface area (Å²) in [6.45, 7) is 4.63. The molecule has 108 valence electrons. The van der Waals surface area contributed by atoms with Gasteiger partial charge in [-0.3, -0.25) is 0 Å². The van der Waals surface area contributed by atoms with E-state index in [-0.39, 0.29) is 6.04 Å². The summed E-state index contributed by atoms with van der Waals surface area (Å²) in [4.78, 5) is 0. The zero-order valence-electron chi connectivity index (χ0n) is 11.9. The van der Waals surface area contributed by atoms with Gasteiger partial charge in [-0.15, -0.1) is 0 Å². The van der Waals surface area contributed by atoms with Crippen molar-refractivity contribution in [1.82, 2.24) is 0 Å². The molecular weight excluding hydrogens is 242 g/mol. The molecule has 0 aromatic heterocycles. The predicted octanol–water partition coefficient (Wildman–Crippen LogP) is 2.53. The quantitative estimate of drug-likeness (QED) is 0.662. The monoisotopic (exact) mass is 267 g/mol. The molecule has 2 N–H and O–H groups in total. The molecule has 0 fully saturated rings. The molecule has 4 nitrogen and oxygen atoms in total. The van der Waals surface area contributed by atoms with E-state index in [9.17, 15) is 0 Å². The van der Waals surface area contributed by atoms with Crippen molar-refractivity contribution >= 4 is 0 Å².